The molecule has 28 heavy (non-hydrogen) atoms. The van der Waals surface area contributed by atoms with Crippen LogP contribution in [0, 0.1) is 0 Å². The molecule has 2 N–H and O–H groups in total. The Morgan fingerprint density at radius 1 is 1.25 bits per heavy atom. The highest BCUT2D eigenvalue weighted by atomic mass is 16.2. The molecule has 0 bridgehead atoms. The number of nitrogens with zero attached hydrogens (tertiary/aromatic N) is 4. The summed E-state index contributed by atoms with van der Waals surface area (Å²) in [6.45, 7) is 4.28. The van der Waals surface area contributed by atoms with Crippen molar-refractivity contribution in [3.05, 3.63) is 54.4 Å². The van der Waals surface area contributed by atoms with Crippen molar-refractivity contribution in [1.29, 1.82) is 0 Å². The third-order valence-electron chi connectivity index (χ3n) is 5.60. The molecule has 1 amide bonds. The Morgan fingerprint density at radius 3 is 2.89 bits per heavy atom. The van der Waals surface area contributed by atoms with Crippen LogP contribution in [0.15, 0.2) is 43.1 Å². The van der Waals surface area contributed by atoms with Crippen LogP contribution in [-0.4, -0.2) is 32.2 Å². The summed E-state index contributed by atoms with van der Waals surface area (Å²) in [5.41, 5.74) is 3.10. The molecule has 1 fully saturated rings. The quantitative estimate of drug-likeness (QED) is 0.666. The van der Waals surface area contributed by atoms with Gasteiger partial charge in [-0.1, -0.05) is 37.1 Å². The minimum Gasteiger partial charge on any atom is -0.351 e. The fourth-order valence-electron chi connectivity index (χ4n) is 4.24. The van der Waals surface area contributed by atoms with Crippen molar-refractivity contribution in [1.82, 2.24) is 19.7 Å². The number of fused-ring (bicyclic) bond motifs is 2. The molecule has 142 valence electrons. The zero-order valence-electron chi connectivity index (χ0n) is 15.6. The van der Waals surface area contributed by atoms with Gasteiger partial charge in [-0.05, 0) is 24.5 Å². The molecule has 1 aliphatic heterocycles. The predicted molar refractivity (Wildman–Crippen MR) is 108 cm³/mol. The van der Waals surface area contributed by atoms with E-state index in [1.54, 1.807) is 6.08 Å². The van der Waals surface area contributed by atoms with Crippen molar-refractivity contribution in [2.24, 2.45) is 0 Å². The Balaban J connectivity index is 1.67. The van der Waals surface area contributed by atoms with Crippen molar-refractivity contribution >= 4 is 28.6 Å². The summed E-state index contributed by atoms with van der Waals surface area (Å²) in [7, 11) is 0. The molecule has 7 heteroatoms. The highest BCUT2D eigenvalue weighted by molar-refractivity contribution is 6.06. The number of para-hydroxylation sites is 1. The largest absolute Gasteiger partial charge is 0.351 e. The molecule has 0 radical (unpaired) electrons. The van der Waals surface area contributed by atoms with Crippen LogP contribution < -0.4 is 10.6 Å². The summed E-state index contributed by atoms with van der Waals surface area (Å²) in [5.74, 6) is -0.0621. The number of hydrogen-bond acceptors (Lipinski definition) is 5. The molecule has 1 atom stereocenters. The van der Waals surface area contributed by atoms with E-state index in [2.05, 4.69) is 22.2 Å². The molecule has 1 aliphatic carbocycles. The van der Waals surface area contributed by atoms with Crippen LogP contribution >= 0.6 is 0 Å². The van der Waals surface area contributed by atoms with E-state index in [1.807, 2.05) is 35.1 Å². The van der Waals surface area contributed by atoms with Crippen LogP contribution in [-0.2, 0) is 4.79 Å². The van der Waals surface area contributed by atoms with Gasteiger partial charge in [-0.25, -0.2) is 4.98 Å². The zero-order chi connectivity index (χ0) is 19.1. The number of carbonyl (C=O) groups is 1. The maximum Gasteiger partial charge on any atom is 0.238 e. The summed E-state index contributed by atoms with van der Waals surface area (Å²) >= 11 is 0. The molecular formula is C21H22N6O. The normalized spacial score (nSPS) is 19.0. The number of carbonyl (C=O) groups excluding carboxylic acids is 1. The second-order valence-electron chi connectivity index (χ2n) is 7.40. The lowest BCUT2D eigenvalue weighted by atomic mass is 9.95. The summed E-state index contributed by atoms with van der Waals surface area (Å²) < 4.78 is 2.02. The number of hydrogen-bond donors (Lipinski definition) is 2. The Bertz CT molecular complexity index is 1070. The van der Waals surface area contributed by atoms with Crippen LogP contribution in [0.5, 0.6) is 0 Å². The molecule has 7 nitrogen and oxygen atoms in total. The van der Waals surface area contributed by atoms with Crippen LogP contribution in [0.3, 0.4) is 0 Å². The van der Waals surface area contributed by atoms with E-state index < -0.39 is 5.92 Å². The number of anilines is 2. The van der Waals surface area contributed by atoms with Crippen molar-refractivity contribution in [3.8, 4) is 0 Å². The van der Waals surface area contributed by atoms with Gasteiger partial charge in [0.05, 0.1) is 17.1 Å². The van der Waals surface area contributed by atoms with Gasteiger partial charge in [-0.2, -0.15) is 10.1 Å². The van der Waals surface area contributed by atoms with E-state index in [9.17, 15) is 4.79 Å². The Labute approximate surface area is 162 Å². The number of rotatable bonds is 5. The highest BCUT2D eigenvalue weighted by Gasteiger charge is 2.35. The summed E-state index contributed by atoms with van der Waals surface area (Å²) in [5, 5.41) is 11.7. The van der Waals surface area contributed by atoms with Gasteiger partial charge in [0, 0.05) is 18.4 Å². The predicted octanol–water partition coefficient (Wildman–Crippen LogP) is 3.62. The van der Waals surface area contributed by atoms with Crippen LogP contribution in [0.2, 0.25) is 0 Å². The Kier molecular flexibility index (Phi) is 4.07. The van der Waals surface area contributed by atoms with Gasteiger partial charge in [-0.15, -0.1) is 6.58 Å². The lowest BCUT2D eigenvalue weighted by Gasteiger charge is -2.11. The zero-order valence-corrected chi connectivity index (χ0v) is 15.6. The van der Waals surface area contributed by atoms with E-state index in [4.69, 9.17) is 10.1 Å². The van der Waals surface area contributed by atoms with E-state index in [1.165, 1.54) is 12.8 Å². The van der Waals surface area contributed by atoms with Gasteiger partial charge >= 0.3 is 0 Å². The lowest BCUT2D eigenvalue weighted by molar-refractivity contribution is -0.116. The number of amides is 1. The van der Waals surface area contributed by atoms with Gasteiger partial charge in [0.1, 0.15) is 5.92 Å². The lowest BCUT2D eigenvalue weighted by Crippen LogP contribution is -2.16. The first-order valence-corrected chi connectivity index (χ1v) is 9.76. The molecule has 2 aromatic heterocycles. The number of benzene rings is 1. The molecule has 1 aromatic carbocycles. The third kappa shape index (κ3) is 2.74. The minimum absolute atomic E-state index is 0.0653. The van der Waals surface area contributed by atoms with E-state index in [0.29, 0.717) is 29.9 Å². The van der Waals surface area contributed by atoms with Crippen molar-refractivity contribution in [2.75, 3.05) is 17.2 Å². The van der Waals surface area contributed by atoms with E-state index in [0.717, 1.165) is 29.5 Å². The maximum atomic E-state index is 12.8. The fourth-order valence-corrected chi connectivity index (χ4v) is 4.24. The van der Waals surface area contributed by atoms with Gasteiger partial charge in [-0.3, -0.25) is 9.48 Å². The standard InChI is InChI=1S/C21H22N6O/c1-2-11-22-21-24-18(17-14-9-5-6-10-16(14)23-20(17)28)15-12-27(26-19(15)25-21)13-7-3-4-8-13/h2,5-6,9-10,12-13,17H,1,3-4,7-8,11H2,(H,23,28)(H,22,25,26). The van der Waals surface area contributed by atoms with Crippen LogP contribution in [0.25, 0.3) is 11.0 Å². The highest BCUT2D eigenvalue weighted by Crippen LogP contribution is 2.39. The first-order chi connectivity index (χ1) is 13.7. The number of aromatic nitrogens is 4. The average molecular weight is 374 g/mol. The smallest absolute Gasteiger partial charge is 0.238 e. The summed E-state index contributed by atoms with van der Waals surface area (Å²) in [4.78, 5) is 22.1. The SMILES string of the molecule is C=CCNc1nc(C2C(=O)Nc3ccccc32)c2cn(C3CCCC3)nc2n1. The molecule has 3 aromatic rings. The van der Waals surface area contributed by atoms with Crippen molar-refractivity contribution < 1.29 is 4.79 Å². The molecule has 5 rings (SSSR count). The molecule has 3 heterocycles. The maximum absolute atomic E-state index is 12.8. The topological polar surface area (TPSA) is 84.7 Å². The molecular weight excluding hydrogens is 352 g/mol. The summed E-state index contributed by atoms with van der Waals surface area (Å²) in [6.07, 6.45) is 8.48. The molecule has 1 unspecified atom stereocenters. The monoisotopic (exact) mass is 374 g/mol. The second-order valence-corrected chi connectivity index (χ2v) is 7.40. The second kappa shape index (κ2) is 6.74. The number of nitrogens with one attached hydrogen (secondary N) is 2. The molecule has 2 aliphatic rings. The third-order valence-corrected chi connectivity index (χ3v) is 5.60. The van der Waals surface area contributed by atoms with Gasteiger partial charge in [0.15, 0.2) is 5.65 Å². The molecule has 0 spiro atoms. The minimum atomic E-state index is -0.466. The van der Waals surface area contributed by atoms with E-state index >= 15 is 0 Å². The Hall–Kier alpha value is -3.22. The van der Waals surface area contributed by atoms with Gasteiger partial charge < -0.3 is 10.6 Å². The first kappa shape index (κ1) is 16.9. The molecule has 1 saturated carbocycles. The Morgan fingerprint density at radius 2 is 2.07 bits per heavy atom. The van der Waals surface area contributed by atoms with Gasteiger partial charge in [0.25, 0.3) is 0 Å². The van der Waals surface area contributed by atoms with E-state index in [-0.39, 0.29) is 5.91 Å². The fraction of sp³-hybridized carbons (Fsp3) is 0.333. The van der Waals surface area contributed by atoms with Gasteiger partial charge in [0.2, 0.25) is 11.9 Å². The average Bonchev–Trinajstić information content (AvgIpc) is 3.42. The summed E-state index contributed by atoms with van der Waals surface area (Å²) in [6, 6.07) is 8.17. The van der Waals surface area contributed by atoms with Crippen molar-refractivity contribution in [3.63, 3.8) is 0 Å². The van der Waals surface area contributed by atoms with Crippen LogP contribution in [0.4, 0.5) is 11.6 Å². The molecule has 0 saturated heterocycles. The first-order valence-electron chi connectivity index (χ1n) is 9.76. The van der Waals surface area contributed by atoms with Crippen LogP contribution in [0.1, 0.15) is 48.9 Å². The van der Waals surface area contributed by atoms with Crippen molar-refractivity contribution in [2.45, 2.75) is 37.6 Å².